The number of hydrogen-bond donors (Lipinski definition) is 2. The van der Waals surface area contributed by atoms with Crippen molar-refractivity contribution in [2.45, 2.75) is 6.92 Å². The molecular weight excluding hydrogens is 414 g/mol. The van der Waals surface area contributed by atoms with Crippen LogP contribution >= 0.6 is 11.3 Å². The van der Waals surface area contributed by atoms with Gasteiger partial charge in [0.15, 0.2) is 5.82 Å². The Morgan fingerprint density at radius 2 is 2.03 bits per heavy atom. The van der Waals surface area contributed by atoms with Gasteiger partial charge >= 0.3 is 0 Å². The highest BCUT2D eigenvalue weighted by Gasteiger charge is 2.20. The number of nitrogens with one attached hydrogen (secondary N) is 2. The van der Waals surface area contributed by atoms with Gasteiger partial charge in [-0.3, -0.25) is 9.89 Å². The van der Waals surface area contributed by atoms with Crippen molar-refractivity contribution in [2.75, 3.05) is 11.9 Å². The van der Waals surface area contributed by atoms with E-state index in [-0.39, 0.29) is 5.82 Å². The molecule has 0 aliphatic carbocycles. The topological polar surface area (TPSA) is 106 Å². The van der Waals surface area contributed by atoms with Gasteiger partial charge in [-0.25, -0.2) is 23.7 Å². The van der Waals surface area contributed by atoms with Gasteiger partial charge in [0, 0.05) is 11.8 Å². The summed E-state index contributed by atoms with van der Waals surface area (Å²) < 4.78 is 33.3. The van der Waals surface area contributed by atoms with Crippen LogP contribution in [0.3, 0.4) is 0 Å². The monoisotopic (exact) mass is 428 g/mol. The van der Waals surface area contributed by atoms with Crippen LogP contribution in [-0.4, -0.2) is 37.7 Å². The minimum absolute atomic E-state index is 0.120. The van der Waals surface area contributed by atoms with E-state index in [1.807, 2.05) is 6.92 Å². The molecule has 1 aromatic carbocycles. The summed E-state index contributed by atoms with van der Waals surface area (Å²) in [7, 11) is 0. The molecule has 2 N–H and O–H groups in total. The van der Waals surface area contributed by atoms with E-state index in [1.165, 1.54) is 29.9 Å². The fourth-order valence-corrected chi connectivity index (χ4v) is 3.61. The SMILES string of the molecule is CCOc1nc(-c2ccnc(NC(=O)c3c(F)cccc3F)c2)sc1-c1ncn[nH]1. The quantitative estimate of drug-likeness (QED) is 0.482. The van der Waals surface area contributed by atoms with Crippen LogP contribution in [0.15, 0.2) is 42.9 Å². The molecule has 0 aliphatic rings. The maximum atomic E-state index is 13.8. The van der Waals surface area contributed by atoms with Crippen LogP contribution in [0.2, 0.25) is 0 Å². The average Bonchev–Trinajstić information content (AvgIpc) is 3.38. The number of rotatable bonds is 6. The Bertz CT molecular complexity index is 1180. The Morgan fingerprint density at radius 1 is 1.23 bits per heavy atom. The van der Waals surface area contributed by atoms with Gasteiger partial charge in [-0.1, -0.05) is 6.07 Å². The van der Waals surface area contributed by atoms with Crippen molar-refractivity contribution in [3.63, 3.8) is 0 Å². The molecule has 4 aromatic rings. The van der Waals surface area contributed by atoms with E-state index in [9.17, 15) is 13.6 Å². The third-order valence-corrected chi connectivity index (χ3v) is 5.04. The van der Waals surface area contributed by atoms with Crippen molar-refractivity contribution < 1.29 is 18.3 Å². The molecule has 1 amide bonds. The molecule has 0 saturated heterocycles. The van der Waals surface area contributed by atoms with Crippen LogP contribution in [-0.2, 0) is 0 Å². The van der Waals surface area contributed by atoms with E-state index in [4.69, 9.17) is 4.74 Å². The van der Waals surface area contributed by atoms with Crippen molar-refractivity contribution in [1.29, 1.82) is 0 Å². The molecule has 0 spiro atoms. The van der Waals surface area contributed by atoms with Gasteiger partial charge in [0.05, 0.1) is 6.61 Å². The van der Waals surface area contributed by atoms with Crippen LogP contribution in [0.1, 0.15) is 17.3 Å². The minimum atomic E-state index is -0.957. The van der Waals surface area contributed by atoms with Crippen LogP contribution in [0.4, 0.5) is 14.6 Å². The molecule has 3 heterocycles. The van der Waals surface area contributed by atoms with E-state index >= 15 is 0 Å². The standard InChI is InChI=1S/C19H14F2N6O2S/c1-2-29-18-15(16-23-9-24-27-16)30-19(26-18)10-6-7-22-13(8-10)25-17(28)14-11(20)4-3-5-12(14)21/h3-9H,2H2,1H3,(H,22,25,28)(H,23,24,27). The van der Waals surface area contributed by atoms with Crippen LogP contribution in [0.25, 0.3) is 21.3 Å². The van der Waals surface area contributed by atoms with Gasteiger partial charge in [0.2, 0.25) is 5.88 Å². The molecule has 0 unspecified atom stereocenters. The first-order valence-electron chi connectivity index (χ1n) is 8.78. The second kappa shape index (κ2) is 8.33. The zero-order chi connectivity index (χ0) is 21.1. The molecule has 4 rings (SSSR count). The number of carbonyl (C=O) groups excluding carboxylic acids is 1. The smallest absolute Gasteiger partial charge is 0.262 e. The van der Waals surface area contributed by atoms with Crippen LogP contribution in [0, 0.1) is 11.6 Å². The normalized spacial score (nSPS) is 10.8. The molecular formula is C19H14F2N6O2S. The van der Waals surface area contributed by atoms with Gasteiger partial charge in [0.25, 0.3) is 5.91 Å². The Balaban J connectivity index is 1.64. The number of benzene rings is 1. The van der Waals surface area contributed by atoms with Crippen LogP contribution < -0.4 is 10.1 Å². The number of H-pyrrole nitrogens is 1. The van der Waals surface area contributed by atoms with Crippen molar-refractivity contribution in [3.05, 3.63) is 60.1 Å². The molecule has 3 aromatic heterocycles. The molecule has 8 nitrogen and oxygen atoms in total. The second-order valence-corrected chi connectivity index (χ2v) is 6.90. The summed E-state index contributed by atoms with van der Waals surface area (Å²) >= 11 is 1.31. The number of thiazole rings is 1. The molecule has 0 aliphatic heterocycles. The highest BCUT2D eigenvalue weighted by molar-refractivity contribution is 7.18. The van der Waals surface area contributed by atoms with Crippen molar-refractivity contribution >= 4 is 23.1 Å². The Hall–Kier alpha value is -3.73. The Labute approximate surface area is 173 Å². The molecule has 0 saturated carbocycles. The number of carbonyl (C=O) groups is 1. The zero-order valence-electron chi connectivity index (χ0n) is 15.5. The lowest BCUT2D eigenvalue weighted by molar-refractivity contribution is 0.101. The first kappa shape index (κ1) is 19.6. The molecule has 0 atom stereocenters. The van der Waals surface area contributed by atoms with E-state index in [2.05, 4.69) is 30.5 Å². The lowest BCUT2D eigenvalue weighted by atomic mass is 10.2. The van der Waals surface area contributed by atoms with Crippen molar-refractivity contribution in [3.8, 4) is 27.2 Å². The average molecular weight is 428 g/mol. The summed E-state index contributed by atoms with van der Waals surface area (Å²) in [5, 5.41) is 9.61. The fourth-order valence-electron chi connectivity index (χ4n) is 2.65. The summed E-state index contributed by atoms with van der Waals surface area (Å²) in [6.45, 7) is 2.25. The third kappa shape index (κ3) is 3.87. The number of pyridine rings is 1. The van der Waals surface area contributed by atoms with E-state index in [1.54, 1.807) is 12.1 Å². The highest BCUT2D eigenvalue weighted by atomic mass is 32.1. The third-order valence-electron chi connectivity index (χ3n) is 3.95. The summed E-state index contributed by atoms with van der Waals surface area (Å²) in [6, 6.07) is 6.45. The number of nitrogens with zero attached hydrogens (tertiary/aromatic N) is 4. The Kier molecular flexibility index (Phi) is 5.44. The molecule has 30 heavy (non-hydrogen) atoms. The number of aromatic nitrogens is 5. The van der Waals surface area contributed by atoms with E-state index in [0.29, 0.717) is 33.8 Å². The molecule has 0 radical (unpaired) electrons. The predicted octanol–water partition coefficient (Wildman–Crippen LogP) is 3.92. The van der Waals surface area contributed by atoms with Crippen molar-refractivity contribution in [1.82, 2.24) is 25.1 Å². The summed E-state index contributed by atoms with van der Waals surface area (Å²) in [4.78, 5) is 25.6. The van der Waals surface area contributed by atoms with E-state index < -0.39 is 23.1 Å². The second-order valence-electron chi connectivity index (χ2n) is 5.90. The lowest BCUT2D eigenvalue weighted by Crippen LogP contribution is -2.16. The number of hydrogen-bond acceptors (Lipinski definition) is 7. The van der Waals surface area contributed by atoms with E-state index in [0.717, 1.165) is 12.1 Å². The highest BCUT2D eigenvalue weighted by Crippen LogP contribution is 2.38. The number of ether oxygens (including phenoxy) is 1. The minimum Gasteiger partial charge on any atom is -0.477 e. The van der Waals surface area contributed by atoms with Gasteiger partial charge in [0.1, 0.15) is 39.2 Å². The Morgan fingerprint density at radius 3 is 2.73 bits per heavy atom. The number of anilines is 1. The van der Waals surface area contributed by atoms with Crippen molar-refractivity contribution in [2.24, 2.45) is 0 Å². The van der Waals surface area contributed by atoms with Gasteiger partial charge in [-0.05, 0) is 31.2 Å². The maximum absolute atomic E-state index is 13.8. The fraction of sp³-hybridized carbons (Fsp3) is 0.105. The van der Waals surface area contributed by atoms with Gasteiger partial charge < -0.3 is 10.1 Å². The molecule has 0 bridgehead atoms. The number of amides is 1. The number of aromatic amines is 1. The van der Waals surface area contributed by atoms with Gasteiger partial charge in [-0.15, -0.1) is 11.3 Å². The summed E-state index contributed by atoms with van der Waals surface area (Å²) in [5.74, 6) is -1.82. The summed E-state index contributed by atoms with van der Waals surface area (Å²) in [6.07, 6.45) is 2.84. The first-order chi connectivity index (χ1) is 14.6. The largest absolute Gasteiger partial charge is 0.477 e. The molecule has 152 valence electrons. The molecule has 0 fully saturated rings. The lowest BCUT2D eigenvalue weighted by Gasteiger charge is -2.07. The number of halogens is 2. The van der Waals surface area contributed by atoms with Crippen LogP contribution in [0.5, 0.6) is 5.88 Å². The predicted molar refractivity (Wildman–Crippen MR) is 106 cm³/mol. The molecule has 11 heteroatoms. The van der Waals surface area contributed by atoms with Gasteiger partial charge in [-0.2, -0.15) is 5.10 Å². The zero-order valence-corrected chi connectivity index (χ0v) is 16.3. The first-order valence-corrected chi connectivity index (χ1v) is 9.59. The maximum Gasteiger partial charge on any atom is 0.262 e. The summed E-state index contributed by atoms with van der Waals surface area (Å²) in [5.41, 5.74) is -0.0452.